The summed E-state index contributed by atoms with van der Waals surface area (Å²) in [5, 5.41) is 14.6. The van der Waals surface area contributed by atoms with Gasteiger partial charge in [0.25, 0.3) is 0 Å². The van der Waals surface area contributed by atoms with Gasteiger partial charge in [0.1, 0.15) is 24.7 Å². The van der Waals surface area contributed by atoms with Gasteiger partial charge in [0.2, 0.25) is 0 Å². The highest BCUT2D eigenvalue weighted by Gasteiger charge is 2.54. The van der Waals surface area contributed by atoms with E-state index in [1.807, 2.05) is 4.68 Å². The molecule has 3 aromatic rings. The Morgan fingerprint density at radius 1 is 1.12 bits per heavy atom. The van der Waals surface area contributed by atoms with E-state index in [0.717, 1.165) is 41.1 Å². The molecule has 5 rings (SSSR count). The van der Waals surface area contributed by atoms with E-state index in [4.69, 9.17) is 19.6 Å². The molecule has 1 aromatic carbocycles. The minimum atomic E-state index is -1.32. The van der Waals surface area contributed by atoms with Crippen LogP contribution in [0.4, 0.5) is 14.9 Å². The number of amides is 1. The van der Waals surface area contributed by atoms with Crippen molar-refractivity contribution in [1.82, 2.24) is 19.3 Å². The molecular formula is C30H46FN5O4Si2. The number of imidazole rings is 1. The van der Waals surface area contributed by atoms with Crippen LogP contribution in [0.3, 0.4) is 0 Å². The average molecular weight is 616 g/mol. The van der Waals surface area contributed by atoms with E-state index in [1.165, 1.54) is 25.2 Å². The number of halogens is 1. The van der Waals surface area contributed by atoms with E-state index in [0.29, 0.717) is 48.1 Å². The Morgan fingerprint density at radius 3 is 2.38 bits per heavy atom. The predicted octanol–water partition coefficient (Wildman–Crippen LogP) is 6.90. The fourth-order valence-electron chi connectivity index (χ4n) is 5.78. The molecule has 0 saturated heterocycles. The maximum absolute atomic E-state index is 15.8. The van der Waals surface area contributed by atoms with E-state index in [1.54, 1.807) is 10.6 Å². The van der Waals surface area contributed by atoms with Crippen molar-refractivity contribution in [1.29, 1.82) is 0 Å². The van der Waals surface area contributed by atoms with Crippen molar-refractivity contribution >= 4 is 39.0 Å². The molecule has 2 heterocycles. The topological polar surface area (TPSA) is 94.6 Å². The Hall–Kier alpha value is -2.55. The van der Waals surface area contributed by atoms with Gasteiger partial charge in [-0.3, -0.25) is 9.47 Å². The lowest BCUT2D eigenvalue weighted by molar-refractivity contribution is 0.0756. The van der Waals surface area contributed by atoms with Gasteiger partial charge in [-0.2, -0.15) is 5.10 Å². The van der Waals surface area contributed by atoms with Crippen LogP contribution in [0.25, 0.3) is 22.6 Å². The Labute approximate surface area is 250 Å². The summed E-state index contributed by atoms with van der Waals surface area (Å²) in [5.41, 5.74) is 4.27. The number of ether oxygens (including phenoxy) is 2. The van der Waals surface area contributed by atoms with E-state index in [2.05, 4.69) is 46.2 Å². The van der Waals surface area contributed by atoms with Gasteiger partial charge in [0.05, 0.1) is 11.2 Å². The molecule has 1 saturated carbocycles. The third kappa shape index (κ3) is 6.51. The predicted molar refractivity (Wildman–Crippen MR) is 169 cm³/mol. The van der Waals surface area contributed by atoms with Gasteiger partial charge in [0, 0.05) is 53.7 Å². The van der Waals surface area contributed by atoms with Crippen LogP contribution in [0, 0.1) is 17.2 Å². The monoisotopic (exact) mass is 615 g/mol. The number of benzene rings is 1. The summed E-state index contributed by atoms with van der Waals surface area (Å²) in [4.78, 5) is 17.5. The highest BCUT2D eigenvalue weighted by Crippen LogP contribution is 2.60. The Bertz CT molecular complexity index is 1490. The molecule has 42 heavy (non-hydrogen) atoms. The van der Waals surface area contributed by atoms with E-state index in [9.17, 15) is 9.90 Å². The fourth-order valence-corrected chi connectivity index (χ4v) is 7.29. The van der Waals surface area contributed by atoms with Gasteiger partial charge in [-0.1, -0.05) is 46.2 Å². The molecule has 0 radical (unpaired) electrons. The number of hydrogen-bond donors (Lipinski definition) is 1. The van der Waals surface area contributed by atoms with Crippen molar-refractivity contribution in [2.75, 3.05) is 25.2 Å². The summed E-state index contributed by atoms with van der Waals surface area (Å²) >= 11 is 0. The summed E-state index contributed by atoms with van der Waals surface area (Å²) in [6.07, 6.45) is 1.86. The zero-order valence-electron chi connectivity index (χ0n) is 26.4. The van der Waals surface area contributed by atoms with Crippen LogP contribution in [0.1, 0.15) is 24.6 Å². The lowest BCUT2D eigenvalue weighted by atomic mass is 9.87. The molecule has 230 valence electrons. The number of carbonyl (C=O) groups is 1. The molecule has 1 N–H and O–H groups in total. The standard InChI is InChI=1S/C30H46FN5O4Si2/c1-30-16-20(30)13-22-25(17-30)36(19-40-10-12-42(6,7)8)33-26(22)28-32-24-15-21(34(2)29(37)38)14-23(31)27(24)35(28)18-39-9-11-41(3,4)5/h14-15,20H,9-13,16-19H2,1-8H3,(H,37,38)/t20-,30-/m1/s1. The number of fused-ring (bicyclic) bond motifs is 3. The van der Waals surface area contributed by atoms with E-state index < -0.39 is 28.1 Å². The molecule has 2 aliphatic rings. The number of rotatable bonds is 12. The number of carboxylic acid groups (broad SMARTS) is 1. The van der Waals surface area contributed by atoms with Gasteiger partial charge in [-0.25, -0.2) is 18.9 Å². The Balaban J connectivity index is 1.56. The van der Waals surface area contributed by atoms with Crippen LogP contribution in [0.15, 0.2) is 12.1 Å². The normalized spacial score (nSPS) is 20.1. The Kier molecular flexibility index (Phi) is 8.23. The molecule has 2 atom stereocenters. The van der Waals surface area contributed by atoms with Crippen molar-refractivity contribution in [3.05, 3.63) is 29.2 Å². The van der Waals surface area contributed by atoms with Crippen molar-refractivity contribution in [2.24, 2.45) is 11.3 Å². The fraction of sp³-hybridized carbons (Fsp3) is 0.633. The second-order valence-electron chi connectivity index (χ2n) is 14.9. The summed E-state index contributed by atoms with van der Waals surface area (Å²) in [7, 11) is -1.15. The van der Waals surface area contributed by atoms with Gasteiger partial charge in [-0.15, -0.1) is 0 Å². The molecule has 2 aliphatic carbocycles. The van der Waals surface area contributed by atoms with Gasteiger partial charge >= 0.3 is 6.09 Å². The maximum Gasteiger partial charge on any atom is 0.411 e. The maximum atomic E-state index is 15.8. The zero-order chi connectivity index (χ0) is 30.6. The number of nitrogens with zero attached hydrogens (tertiary/aromatic N) is 5. The molecule has 0 unspecified atom stereocenters. The summed E-state index contributed by atoms with van der Waals surface area (Å²) in [5.74, 6) is 0.613. The average Bonchev–Trinajstić information content (AvgIpc) is 3.23. The third-order valence-electron chi connectivity index (χ3n) is 8.82. The SMILES string of the molecule is CN(C(=O)O)c1cc(F)c2c(c1)nc(-c1nn(COCC[Si](C)(C)C)c3c1C[C@@H]1C[C@]1(C)C3)n2COCC[Si](C)(C)C. The molecule has 1 amide bonds. The minimum Gasteiger partial charge on any atom is -0.465 e. The first-order valence-corrected chi connectivity index (χ1v) is 22.4. The van der Waals surface area contributed by atoms with Crippen LogP contribution in [0.5, 0.6) is 0 Å². The molecular weight excluding hydrogens is 570 g/mol. The second-order valence-corrected chi connectivity index (χ2v) is 26.1. The van der Waals surface area contributed by atoms with Crippen LogP contribution in [-0.4, -0.2) is 66.9 Å². The number of anilines is 1. The van der Waals surface area contributed by atoms with Gasteiger partial charge < -0.3 is 14.6 Å². The second kappa shape index (κ2) is 11.2. The molecule has 12 heteroatoms. The lowest BCUT2D eigenvalue weighted by Gasteiger charge is -2.20. The van der Waals surface area contributed by atoms with E-state index in [-0.39, 0.29) is 12.4 Å². The summed E-state index contributed by atoms with van der Waals surface area (Å²) < 4.78 is 31.8. The van der Waals surface area contributed by atoms with Crippen LogP contribution < -0.4 is 4.90 Å². The molecule has 9 nitrogen and oxygen atoms in total. The quantitative estimate of drug-likeness (QED) is 0.176. The highest BCUT2D eigenvalue weighted by molar-refractivity contribution is 6.76. The molecule has 0 bridgehead atoms. The summed E-state index contributed by atoms with van der Waals surface area (Å²) in [6, 6.07) is 4.94. The minimum absolute atomic E-state index is 0.136. The zero-order valence-corrected chi connectivity index (χ0v) is 28.4. The van der Waals surface area contributed by atoms with Crippen molar-refractivity contribution in [2.45, 2.75) is 91.0 Å². The van der Waals surface area contributed by atoms with Crippen LogP contribution >= 0.6 is 0 Å². The number of aromatic nitrogens is 4. The highest BCUT2D eigenvalue weighted by atomic mass is 28.3. The number of hydrogen-bond acceptors (Lipinski definition) is 5. The molecule has 2 aromatic heterocycles. The van der Waals surface area contributed by atoms with Crippen LogP contribution in [0.2, 0.25) is 51.4 Å². The Morgan fingerprint density at radius 2 is 1.76 bits per heavy atom. The first-order chi connectivity index (χ1) is 19.6. The summed E-state index contributed by atoms with van der Waals surface area (Å²) in [6.45, 7) is 18.1. The van der Waals surface area contributed by atoms with Crippen molar-refractivity contribution in [3.8, 4) is 11.5 Å². The van der Waals surface area contributed by atoms with Crippen LogP contribution in [-0.2, 0) is 35.8 Å². The van der Waals surface area contributed by atoms with Crippen molar-refractivity contribution in [3.63, 3.8) is 0 Å². The molecule has 0 aliphatic heterocycles. The van der Waals surface area contributed by atoms with Gasteiger partial charge in [-0.05, 0) is 48.7 Å². The third-order valence-corrected chi connectivity index (χ3v) is 12.2. The molecule has 0 spiro atoms. The van der Waals surface area contributed by atoms with Gasteiger partial charge in [0.15, 0.2) is 11.6 Å². The largest absolute Gasteiger partial charge is 0.465 e. The molecule has 1 fully saturated rings. The first-order valence-electron chi connectivity index (χ1n) is 15.0. The smallest absolute Gasteiger partial charge is 0.411 e. The van der Waals surface area contributed by atoms with E-state index >= 15 is 4.39 Å². The van der Waals surface area contributed by atoms with Crippen molar-refractivity contribution < 1.29 is 23.8 Å². The lowest BCUT2D eigenvalue weighted by Crippen LogP contribution is -2.23. The first kappa shape index (κ1) is 30.9.